The van der Waals surface area contributed by atoms with Gasteiger partial charge in [-0.25, -0.2) is 0 Å². The van der Waals surface area contributed by atoms with Crippen molar-refractivity contribution in [1.82, 2.24) is 4.90 Å². The average Bonchev–Trinajstić information content (AvgIpc) is 1.90. The van der Waals surface area contributed by atoms with Crippen LogP contribution in [-0.2, 0) is 4.79 Å². The predicted octanol–water partition coefficient (Wildman–Crippen LogP) is 1.26. The summed E-state index contributed by atoms with van der Waals surface area (Å²) < 4.78 is 0. The van der Waals surface area contributed by atoms with Gasteiger partial charge in [0.15, 0.2) is 0 Å². The molecule has 0 unspecified atom stereocenters. The van der Waals surface area contributed by atoms with E-state index in [9.17, 15) is 4.79 Å². The highest BCUT2D eigenvalue weighted by Crippen LogP contribution is 2.02. The van der Waals surface area contributed by atoms with Crippen LogP contribution in [-0.4, -0.2) is 24.4 Å². The Morgan fingerprint density at radius 1 is 1.44 bits per heavy atom. The van der Waals surface area contributed by atoms with Crippen molar-refractivity contribution in [3.8, 4) is 0 Å². The summed E-state index contributed by atoms with van der Waals surface area (Å²) in [6, 6.07) is 0.433. The van der Waals surface area contributed by atoms with E-state index in [1.165, 1.54) is 0 Å². The Hall–Kier alpha value is -0.530. The Balaban J connectivity index is 3.63. The van der Waals surface area contributed by atoms with Crippen LogP contribution in [0.3, 0.4) is 0 Å². The minimum Gasteiger partial charge on any atom is -0.345 e. The highest BCUT2D eigenvalue weighted by atomic mass is 16.1. The Morgan fingerprint density at radius 3 is 2.00 bits per heavy atom. The Bertz CT molecular complexity index is 79.0. The van der Waals surface area contributed by atoms with Crippen molar-refractivity contribution in [1.29, 1.82) is 0 Å². The molecule has 0 saturated heterocycles. The van der Waals surface area contributed by atoms with E-state index in [1.807, 2.05) is 7.05 Å². The molecule has 0 aromatic carbocycles. The van der Waals surface area contributed by atoms with Gasteiger partial charge in [-0.2, -0.15) is 0 Å². The topological polar surface area (TPSA) is 20.3 Å². The molecule has 9 heavy (non-hydrogen) atoms. The zero-order valence-corrected chi connectivity index (χ0v) is 6.42. The van der Waals surface area contributed by atoms with Crippen LogP contribution in [0, 0.1) is 0 Å². The van der Waals surface area contributed by atoms with Crippen molar-refractivity contribution >= 4 is 6.41 Å². The summed E-state index contributed by atoms with van der Waals surface area (Å²) in [7, 11) is 1.82. The van der Waals surface area contributed by atoms with E-state index in [2.05, 4.69) is 13.8 Å². The molecule has 0 N–H and O–H groups in total. The number of carbonyl (C=O) groups excluding carboxylic acids is 1. The zero-order chi connectivity index (χ0) is 7.28. The van der Waals surface area contributed by atoms with E-state index in [4.69, 9.17) is 0 Å². The van der Waals surface area contributed by atoms with Gasteiger partial charge < -0.3 is 4.90 Å². The maximum atomic E-state index is 10.2. The summed E-state index contributed by atoms with van der Waals surface area (Å²) in [5.74, 6) is 0. The summed E-state index contributed by atoms with van der Waals surface area (Å²) in [4.78, 5) is 11.9. The molecule has 0 aliphatic carbocycles. The van der Waals surface area contributed by atoms with E-state index >= 15 is 0 Å². The van der Waals surface area contributed by atoms with Crippen LogP contribution >= 0.6 is 0 Å². The van der Waals surface area contributed by atoms with Gasteiger partial charge in [-0.05, 0) is 12.8 Å². The van der Waals surface area contributed by atoms with Crippen molar-refractivity contribution in [2.45, 2.75) is 32.7 Å². The highest BCUT2D eigenvalue weighted by molar-refractivity contribution is 5.46. The standard InChI is InChI=1S/C7H15NO/c1-4-7(5-2)8(3)6-9/h6-7H,4-5H2,1-3H3. The predicted molar refractivity (Wildman–Crippen MR) is 38.2 cm³/mol. The van der Waals surface area contributed by atoms with Gasteiger partial charge in [-0.15, -0.1) is 0 Å². The van der Waals surface area contributed by atoms with Crippen LogP contribution in [0.5, 0.6) is 0 Å². The third-order valence-electron chi connectivity index (χ3n) is 1.68. The molecule has 0 atom stereocenters. The van der Waals surface area contributed by atoms with Gasteiger partial charge in [0.1, 0.15) is 0 Å². The lowest BCUT2D eigenvalue weighted by atomic mass is 10.1. The molecular formula is C7H15NO. The van der Waals surface area contributed by atoms with Gasteiger partial charge in [-0.1, -0.05) is 13.8 Å². The first kappa shape index (κ1) is 8.47. The van der Waals surface area contributed by atoms with Gasteiger partial charge in [0.05, 0.1) is 0 Å². The molecule has 0 aliphatic rings. The second kappa shape index (κ2) is 4.36. The number of nitrogens with zero attached hydrogens (tertiary/aromatic N) is 1. The Kier molecular flexibility index (Phi) is 4.10. The Labute approximate surface area is 56.9 Å². The van der Waals surface area contributed by atoms with Crippen molar-refractivity contribution in [2.24, 2.45) is 0 Å². The van der Waals surface area contributed by atoms with Gasteiger partial charge in [0.2, 0.25) is 6.41 Å². The lowest BCUT2D eigenvalue weighted by Crippen LogP contribution is -2.28. The second-order valence-corrected chi connectivity index (χ2v) is 2.24. The number of hydrogen-bond acceptors (Lipinski definition) is 1. The van der Waals surface area contributed by atoms with E-state index < -0.39 is 0 Å². The van der Waals surface area contributed by atoms with Crippen molar-refractivity contribution in [2.75, 3.05) is 7.05 Å². The Morgan fingerprint density at radius 2 is 1.89 bits per heavy atom. The maximum Gasteiger partial charge on any atom is 0.209 e. The molecule has 0 heterocycles. The minimum atomic E-state index is 0.433. The van der Waals surface area contributed by atoms with Crippen LogP contribution in [0.15, 0.2) is 0 Å². The van der Waals surface area contributed by atoms with Crippen LogP contribution < -0.4 is 0 Å². The lowest BCUT2D eigenvalue weighted by Gasteiger charge is -2.20. The fraction of sp³-hybridized carbons (Fsp3) is 0.857. The highest BCUT2D eigenvalue weighted by Gasteiger charge is 2.05. The molecule has 0 spiro atoms. The largest absolute Gasteiger partial charge is 0.345 e. The van der Waals surface area contributed by atoms with Gasteiger partial charge >= 0.3 is 0 Å². The summed E-state index contributed by atoms with van der Waals surface area (Å²) in [6.07, 6.45) is 2.98. The van der Waals surface area contributed by atoms with Crippen LogP contribution in [0.2, 0.25) is 0 Å². The summed E-state index contributed by atoms with van der Waals surface area (Å²) in [6.45, 7) is 4.18. The second-order valence-electron chi connectivity index (χ2n) is 2.24. The monoisotopic (exact) mass is 129 g/mol. The van der Waals surface area contributed by atoms with Crippen LogP contribution in [0.1, 0.15) is 26.7 Å². The van der Waals surface area contributed by atoms with Crippen LogP contribution in [0.4, 0.5) is 0 Å². The molecule has 0 aromatic heterocycles. The summed E-state index contributed by atoms with van der Waals surface area (Å²) >= 11 is 0. The molecule has 1 amide bonds. The molecule has 0 radical (unpaired) electrons. The van der Waals surface area contributed by atoms with Crippen molar-refractivity contribution in [3.05, 3.63) is 0 Å². The quantitative estimate of drug-likeness (QED) is 0.523. The first-order valence-electron chi connectivity index (χ1n) is 3.43. The number of hydrogen-bond donors (Lipinski definition) is 0. The number of carbonyl (C=O) groups is 1. The molecule has 0 bridgehead atoms. The molecule has 0 aliphatic heterocycles. The first-order chi connectivity index (χ1) is 4.26. The third-order valence-corrected chi connectivity index (χ3v) is 1.68. The molecule has 0 saturated carbocycles. The van der Waals surface area contributed by atoms with Gasteiger partial charge in [0, 0.05) is 13.1 Å². The lowest BCUT2D eigenvalue weighted by molar-refractivity contribution is -0.118. The third kappa shape index (κ3) is 2.49. The number of amides is 1. The normalized spacial score (nSPS) is 9.78. The SMILES string of the molecule is CCC(CC)N(C)C=O. The van der Waals surface area contributed by atoms with E-state index in [0.717, 1.165) is 19.3 Å². The number of rotatable bonds is 4. The van der Waals surface area contributed by atoms with E-state index in [0.29, 0.717) is 6.04 Å². The maximum absolute atomic E-state index is 10.2. The van der Waals surface area contributed by atoms with Gasteiger partial charge in [-0.3, -0.25) is 4.79 Å². The summed E-state index contributed by atoms with van der Waals surface area (Å²) in [5.41, 5.74) is 0. The fourth-order valence-corrected chi connectivity index (χ4v) is 0.951. The molecule has 0 aromatic rings. The molecule has 54 valence electrons. The molecule has 0 rings (SSSR count). The van der Waals surface area contributed by atoms with Crippen molar-refractivity contribution in [3.63, 3.8) is 0 Å². The molecule has 0 fully saturated rings. The smallest absolute Gasteiger partial charge is 0.209 e. The molecule has 2 heteroatoms. The van der Waals surface area contributed by atoms with Gasteiger partial charge in [0.25, 0.3) is 0 Å². The van der Waals surface area contributed by atoms with Crippen LogP contribution in [0.25, 0.3) is 0 Å². The average molecular weight is 129 g/mol. The minimum absolute atomic E-state index is 0.433. The van der Waals surface area contributed by atoms with Crippen molar-refractivity contribution < 1.29 is 4.79 Å². The van der Waals surface area contributed by atoms with E-state index in [-0.39, 0.29) is 0 Å². The summed E-state index contributed by atoms with van der Waals surface area (Å²) in [5, 5.41) is 0. The fourth-order valence-electron chi connectivity index (χ4n) is 0.951. The molecule has 2 nitrogen and oxygen atoms in total. The van der Waals surface area contributed by atoms with E-state index in [1.54, 1.807) is 4.90 Å². The first-order valence-corrected chi connectivity index (χ1v) is 3.43. The zero-order valence-electron chi connectivity index (χ0n) is 6.42. The molecular weight excluding hydrogens is 114 g/mol.